The quantitative estimate of drug-likeness (QED) is 0.0493. The van der Waals surface area contributed by atoms with Crippen LogP contribution in [-0.4, -0.2) is 116 Å². The van der Waals surface area contributed by atoms with Gasteiger partial charge in [-0.1, -0.05) is 102 Å². The molecule has 1 N–H and O–H groups in total. The fourth-order valence-corrected chi connectivity index (χ4v) is 12.4. The van der Waals surface area contributed by atoms with Gasteiger partial charge in [-0.2, -0.15) is 17.0 Å². The van der Waals surface area contributed by atoms with Crippen molar-refractivity contribution in [2.75, 3.05) is 66.2 Å². The van der Waals surface area contributed by atoms with Crippen LogP contribution in [0.1, 0.15) is 62.5 Å². The Labute approximate surface area is 420 Å². The van der Waals surface area contributed by atoms with Crippen LogP contribution in [-0.2, 0) is 31.8 Å². The predicted octanol–water partition coefficient (Wildman–Crippen LogP) is 8.91. The molecule has 1 aliphatic carbocycles. The maximum Gasteiger partial charge on any atom is 0.408 e. The first-order valence-corrected chi connectivity index (χ1v) is 24.9. The van der Waals surface area contributed by atoms with E-state index >= 15 is 0 Å². The number of ether oxygens (including phenoxy) is 8. The molecule has 4 aromatic carbocycles. The van der Waals surface area contributed by atoms with Crippen molar-refractivity contribution < 1.29 is 47.5 Å². The zero-order valence-electron chi connectivity index (χ0n) is 38.9. The summed E-state index contributed by atoms with van der Waals surface area (Å²) in [7, 11) is 5.22. The summed E-state index contributed by atoms with van der Waals surface area (Å²) in [5.41, 5.74) is 9.85. The van der Waals surface area contributed by atoms with Gasteiger partial charge in [0.05, 0.1) is 25.3 Å². The van der Waals surface area contributed by atoms with Crippen LogP contribution >= 0.6 is 46.6 Å². The van der Waals surface area contributed by atoms with Gasteiger partial charge >= 0.3 is 12.1 Å². The van der Waals surface area contributed by atoms with E-state index < -0.39 is 46.6 Å². The molecule has 1 unspecified atom stereocenters. The predicted molar refractivity (Wildman–Crippen MR) is 263 cm³/mol. The molecule has 6 atom stereocenters. The molecule has 1 saturated heterocycles. The molecule has 69 heavy (non-hydrogen) atoms. The second-order valence-electron chi connectivity index (χ2n) is 17.7. The fourth-order valence-electron chi connectivity index (χ4n) is 11.1. The number of thioether (sulfide) groups is 1. The Morgan fingerprint density at radius 3 is 2.35 bits per heavy atom. The third-order valence-corrected chi connectivity index (χ3v) is 15.2. The Bertz CT molecular complexity index is 2650. The lowest BCUT2D eigenvalue weighted by atomic mass is 9.71. The van der Waals surface area contributed by atoms with Crippen molar-refractivity contribution in [3.05, 3.63) is 112 Å². The van der Waals surface area contributed by atoms with Crippen LogP contribution in [0, 0.1) is 25.2 Å². The first kappa shape index (κ1) is 49.0. The van der Waals surface area contributed by atoms with Crippen molar-refractivity contribution in [1.29, 1.82) is 5.26 Å². The normalized spacial score (nSPS) is 21.3. The molecule has 0 saturated carbocycles. The Morgan fingerprint density at radius 2 is 1.68 bits per heavy atom. The van der Waals surface area contributed by atoms with Gasteiger partial charge < -0.3 is 43.2 Å². The van der Waals surface area contributed by atoms with E-state index in [4.69, 9.17) is 72.7 Å². The summed E-state index contributed by atoms with van der Waals surface area (Å²) in [6.45, 7) is 7.17. The lowest BCUT2D eigenvalue weighted by molar-refractivity contribution is -0.150. The van der Waals surface area contributed by atoms with Gasteiger partial charge in [0.2, 0.25) is 10.6 Å². The largest absolute Gasteiger partial charge is 0.493 e. The van der Waals surface area contributed by atoms with Gasteiger partial charge in [0.1, 0.15) is 37.7 Å². The summed E-state index contributed by atoms with van der Waals surface area (Å²) in [6, 6.07) is 17.7. The average Bonchev–Trinajstić information content (AvgIpc) is 3.95. The number of fused-ring (bicyclic) bond motifs is 12. The molecule has 14 nitrogen and oxygen atoms in total. The number of esters is 1. The van der Waals surface area contributed by atoms with Gasteiger partial charge in [0, 0.05) is 58.9 Å². The molecule has 364 valence electrons. The van der Waals surface area contributed by atoms with Gasteiger partial charge in [-0.05, 0) is 67.1 Å². The number of carbonyl (C=O) groups excluding carboxylic acids is 2. The molecule has 0 aromatic heterocycles. The smallest absolute Gasteiger partial charge is 0.408 e. The summed E-state index contributed by atoms with van der Waals surface area (Å²) in [5.74, 6) is 2.80. The van der Waals surface area contributed by atoms with Gasteiger partial charge in [-0.15, -0.1) is 0 Å². The zero-order chi connectivity index (χ0) is 48.7. The van der Waals surface area contributed by atoms with E-state index in [1.54, 1.807) is 20.3 Å². The van der Waals surface area contributed by atoms with Crippen molar-refractivity contribution in [3.8, 4) is 45.9 Å². The molecule has 0 radical (unpaired) electrons. The van der Waals surface area contributed by atoms with Gasteiger partial charge in [-0.3, -0.25) is 9.80 Å². The molecule has 0 spiro atoms. The summed E-state index contributed by atoms with van der Waals surface area (Å²) in [5, 5.41) is 14.0. The number of halogens is 3. The number of benzene rings is 4. The van der Waals surface area contributed by atoms with E-state index in [1.807, 2.05) is 45.2 Å². The molecule has 2 bridgehead atoms. The minimum absolute atomic E-state index is 0.0162. The SMILES string of the molecule is C=CCOc1c(C)c2c(c3c1CC1[C@H]4c5c(cc(C)c(OC)c5OCOC)C[C@@H]([C@H](C#N)N1[C@H]3COC(=O)[C@@H](CSCC1c3ccccc3-c3ccccc31)NC(=O)OCC(Cl)(Cl)Cl)N4C)OCO2. The molecule has 1 fully saturated rings. The van der Waals surface area contributed by atoms with Crippen LogP contribution in [0.15, 0.2) is 67.3 Å². The standard InChI is InChI=1S/C51H53Cl3N4O10S/c1-7-16-63-45-28(3)46-48(68-26-67-46)42-34(45)19-38-43-41-29(17-27(2)44(62-6)47(41)66-25-61-5)18-37(57(43)4)39(20-55)58(38)40(42)21-64-49(59)36(56-50(60)65-24-51(52,53)54)23-69-22-35-32-14-10-8-12-30(32)31-13-9-11-15-33(31)35/h7-15,17,35-40,43H,1,16,18-19,21-26H2,2-6H3,(H,56,60)/t36-,37+,38?,39+,40+,43+/m1/s1. The van der Waals surface area contributed by atoms with E-state index in [1.165, 1.54) is 34.0 Å². The van der Waals surface area contributed by atoms with E-state index in [-0.39, 0.29) is 50.6 Å². The highest BCUT2D eigenvalue weighted by Gasteiger charge is 2.57. The molecule has 4 heterocycles. The highest BCUT2D eigenvalue weighted by molar-refractivity contribution is 7.99. The zero-order valence-corrected chi connectivity index (χ0v) is 41.9. The number of likely N-dealkylation sites (N-methyl/N-ethyl adjacent to an activating group) is 1. The molecule has 9 rings (SSSR count). The lowest BCUT2D eigenvalue weighted by Crippen LogP contribution is -2.68. The molecule has 1 amide bonds. The molecule has 5 aliphatic rings. The van der Waals surface area contributed by atoms with Crippen LogP contribution in [0.5, 0.6) is 28.7 Å². The highest BCUT2D eigenvalue weighted by Crippen LogP contribution is 2.59. The Hall–Kier alpha value is -5.05. The fraction of sp³-hybridized carbons (Fsp3) is 0.431. The van der Waals surface area contributed by atoms with Crippen LogP contribution in [0.4, 0.5) is 4.79 Å². The van der Waals surface area contributed by atoms with Crippen molar-refractivity contribution >= 4 is 58.6 Å². The number of aryl methyl sites for hydroxylation is 1. The summed E-state index contributed by atoms with van der Waals surface area (Å²) in [4.78, 5) is 32.5. The van der Waals surface area contributed by atoms with E-state index in [0.29, 0.717) is 52.9 Å². The number of hydrogen-bond donors (Lipinski definition) is 1. The Kier molecular flexibility index (Phi) is 14.4. The molecular formula is C51H53Cl3N4O10S. The maximum absolute atomic E-state index is 14.7. The first-order valence-electron chi connectivity index (χ1n) is 22.6. The number of amides is 1. The van der Waals surface area contributed by atoms with Crippen molar-refractivity contribution in [1.82, 2.24) is 15.1 Å². The van der Waals surface area contributed by atoms with E-state index in [9.17, 15) is 14.9 Å². The topological polar surface area (TPSA) is 150 Å². The number of alkyl carbamates (subject to hydrolysis) is 1. The first-order chi connectivity index (χ1) is 33.3. The number of nitriles is 1. The number of rotatable bonds is 16. The third kappa shape index (κ3) is 9.14. The summed E-state index contributed by atoms with van der Waals surface area (Å²) in [6.07, 6.45) is 1.64. The van der Waals surface area contributed by atoms with Crippen LogP contribution in [0.2, 0.25) is 0 Å². The lowest BCUT2D eigenvalue weighted by Gasteiger charge is -2.60. The Morgan fingerprint density at radius 1 is 0.971 bits per heavy atom. The number of nitrogens with zero attached hydrogens (tertiary/aromatic N) is 3. The number of nitrogens with one attached hydrogen (secondary N) is 1. The van der Waals surface area contributed by atoms with Crippen LogP contribution in [0.3, 0.4) is 0 Å². The van der Waals surface area contributed by atoms with Gasteiger partial charge in [0.15, 0.2) is 29.8 Å². The minimum atomic E-state index is -1.88. The van der Waals surface area contributed by atoms with Gasteiger partial charge in [0.25, 0.3) is 0 Å². The molecular weight excluding hydrogens is 967 g/mol. The number of hydrogen-bond acceptors (Lipinski definition) is 14. The summed E-state index contributed by atoms with van der Waals surface area (Å²) >= 11 is 19.3. The third-order valence-electron chi connectivity index (χ3n) is 13.8. The molecule has 18 heteroatoms. The van der Waals surface area contributed by atoms with Crippen LogP contribution < -0.4 is 29.0 Å². The minimum Gasteiger partial charge on any atom is -0.493 e. The maximum atomic E-state index is 14.7. The monoisotopic (exact) mass is 1020 g/mol. The van der Waals surface area contributed by atoms with Crippen LogP contribution in [0.25, 0.3) is 11.1 Å². The second kappa shape index (κ2) is 20.4. The van der Waals surface area contributed by atoms with Crippen molar-refractivity contribution in [2.45, 2.75) is 72.7 Å². The van der Waals surface area contributed by atoms with E-state index in [2.05, 4.69) is 58.1 Å². The second-order valence-corrected chi connectivity index (χ2v) is 21.3. The number of alkyl halides is 3. The molecule has 4 aliphatic heterocycles. The average molecular weight is 1020 g/mol. The number of carbonyl (C=O) groups is 2. The summed E-state index contributed by atoms with van der Waals surface area (Å²) < 4.78 is 46.5. The Balaban J connectivity index is 1.09. The van der Waals surface area contributed by atoms with Gasteiger partial charge in [-0.25, -0.2) is 9.59 Å². The van der Waals surface area contributed by atoms with Crippen molar-refractivity contribution in [3.63, 3.8) is 0 Å². The number of methoxy groups -OCH3 is 2. The van der Waals surface area contributed by atoms with Crippen molar-refractivity contribution in [2.24, 2.45) is 0 Å². The van der Waals surface area contributed by atoms with E-state index in [0.717, 1.165) is 27.8 Å². The molecule has 4 aromatic rings. The highest BCUT2D eigenvalue weighted by atomic mass is 35.6. The number of piperazine rings is 1.